The van der Waals surface area contributed by atoms with Crippen LogP contribution in [0.5, 0.6) is 0 Å². The molecule has 3 N–H and O–H groups in total. The molecule has 0 fully saturated rings. The third-order valence-corrected chi connectivity index (χ3v) is 3.19. The van der Waals surface area contributed by atoms with E-state index in [2.05, 4.69) is 10.6 Å². The molecule has 0 aromatic heterocycles. The molecule has 0 radical (unpaired) electrons. The Balaban J connectivity index is 2.58. The van der Waals surface area contributed by atoms with Crippen LogP contribution in [-0.4, -0.2) is 28.9 Å². The lowest BCUT2D eigenvalue weighted by atomic mass is 10.1. The van der Waals surface area contributed by atoms with Gasteiger partial charge in [0.1, 0.15) is 0 Å². The molecular weight excluding hydrogens is 284 g/mol. The third-order valence-electron chi connectivity index (χ3n) is 3.19. The highest BCUT2D eigenvalue weighted by atomic mass is 16.4. The van der Waals surface area contributed by atoms with Crippen LogP contribution in [0.15, 0.2) is 24.3 Å². The maximum atomic E-state index is 12.0. The van der Waals surface area contributed by atoms with E-state index < -0.39 is 5.97 Å². The fraction of sp³-hybridized carbons (Fsp3) is 0.438. The Morgan fingerprint density at radius 2 is 1.95 bits per heavy atom. The van der Waals surface area contributed by atoms with Gasteiger partial charge in [-0.25, -0.2) is 0 Å². The molecule has 0 saturated heterocycles. The van der Waals surface area contributed by atoms with Crippen molar-refractivity contribution in [1.29, 1.82) is 0 Å². The summed E-state index contributed by atoms with van der Waals surface area (Å²) in [6.45, 7) is 3.91. The van der Waals surface area contributed by atoms with Crippen LogP contribution in [0.25, 0.3) is 0 Å². The first-order chi connectivity index (χ1) is 10.4. The van der Waals surface area contributed by atoms with Crippen LogP contribution >= 0.6 is 0 Å². The summed E-state index contributed by atoms with van der Waals surface area (Å²) in [4.78, 5) is 34.1. The Morgan fingerprint density at radius 1 is 1.23 bits per heavy atom. The predicted molar refractivity (Wildman–Crippen MR) is 83.8 cm³/mol. The highest BCUT2D eigenvalue weighted by Crippen LogP contribution is 2.12. The van der Waals surface area contributed by atoms with Crippen molar-refractivity contribution >= 4 is 23.5 Å². The number of rotatable bonds is 8. The lowest BCUT2D eigenvalue weighted by molar-refractivity contribution is -0.137. The highest BCUT2D eigenvalue weighted by molar-refractivity contribution is 5.97. The van der Waals surface area contributed by atoms with Gasteiger partial charge in [0.2, 0.25) is 5.91 Å². The zero-order valence-corrected chi connectivity index (χ0v) is 12.9. The first-order valence-electron chi connectivity index (χ1n) is 7.35. The number of carboxylic acids is 1. The average molecular weight is 306 g/mol. The maximum absolute atomic E-state index is 12.0. The molecule has 6 nitrogen and oxygen atoms in total. The Labute approximate surface area is 129 Å². The average Bonchev–Trinajstić information content (AvgIpc) is 2.46. The molecule has 1 aromatic carbocycles. The summed E-state index contributed by atoms with van der Waals surface area (Å²) in [6.07, 6.45) is 1.22. The molecule has 0 saturated carbocycles. The summed E-state index contributed by atoms with van der Waals surface area (Å²) in [7, 11) is 0. The van der Waals surface area contributed by atoms with E-state index in [9.17, 15) is 14.4 Å². The summed E-state index contributed by atoms with van der Waals surface area (Å²) in [6, 6.07) is 6.75. The second-order valence-electron chi connectivity index (χ2n) is 5.16. The number of hydrogen-bond acceptors (Lipinski definition) is 3. The van der Waals surface area contributed by atoms with E-state index in [0.29, 0.717) is 11.3 Å². The quantitative estimate of drug-likeness (QED) is 0.687. The predicted octanol–water partition coefficient (Wildman–Crippen LogP) is 2.41. The molecule has 1 atom stereocenters. The van der Waals surface area contributed by atoms with Crippen LogP contribution < -0.4 is 10.6 Å². The van der Waals surface area contributed by atoms with E-state index in [-0.39, 0.29) is 37.1 Å². The van der Waals surface area contributed by atoms with Crippen molar-refractivity contribution in [3.63, 3.8) is 0 Å². The minimum absolute atomic E-state index is 0.0369. The zero-order chi connectivity index (χ0) is 16.5. The Morgan fingerprint density at radius 3 is 2.59 bits per heavy atom. The number of benzene rings is 1. The molecule has 22 heavy (non-hydrogen) atoms. The van der Waals surface area contributed by atoms with Gasteiger partial charge in [-0.15, -0.1) is 0 Å². The van der Waals surface area contributed by atoms with Crippen LogP contribution in [0.1, 0.15) is 49.9 Å². The minimum atomic E-state index is -0.920. The van der Waals surface area contributed by atoms with E-state index in [0.717, 1.165) is 6.42 Å². The molecule has 0 unspecified atom stereocenters. The van der Waals surface area contributed by atoms with Gasteiger partial charge in [0, 0.05) is 30.1 Å². The second-order valence-corrected chi connectivity index (χ2v) is 5.16. The Hall–Kier alpha value is -2.37. The van der Waals surface area contributed by atoms with Gasteiger partial charge in [0.05, 0.1) is 0 Å². The molecule has 2 amide bonds. The number of nitrogens with one attached hydrogen (secondary N) is 2. The molecular formula is C16H22N2O4. The number of carbonyl (C=O) groups excluding carboxylic acids is 2. The van der Waals surface area contributed by atoms with Gasteiger partial charge in [-0.2, -0.15) is 0 Å². The van der Waals surface area contributed by atoms with Crippen molar-refractivity contribution in [1.82, 2.24) is 5.32 Å². The van der Waals surface area contributed by atoms with Gasteiger partial charge >= 0.3 is 5.97 Å². The van der Waals surface area contributed by atoms with Crippen molar-refractivity contribution in [3.05, 3.63) is 29.8 Å². The van der Waals surface area contributed by atoms with Crippen LogP contribution in [-0.2, 0) is 9.59 Å². The Kier molecular flexibility index (Phi) is 7.08. The number of anilines is 1. The Bertz CT molecular complexity index is 543. The topological polar surface area (TPSA) is 95.5 Å². The zero-order valence-electron chi connectivity index (χ0n) is 12.9. The van der Waals surface area contributed by atoms with E-state index >= 15 is 0 Å². The minimum Gasteiger partial charge on any atom is -0.481 e. The molecule has 120 valence electrons. The van der Waals surface area contributed by atoms with Crippen molar-refractivity contribution in [3.8, 4) is 0 Å². The molecule has 0 bridgehead atoms. The molecule has 0 heterocycles. The molecule has 0 aliphatic rings. The van der Waals surface area contributed by atoms with Crippen molar-refractivity contribution in [2.75, 3.05) is 5.32 Å². The smallest absolute Gasteiger partial charge is 0.303 e. The first-order valence-corrected chi connectivity index (χ1v) is 7.35. The second kappa shape index (κ2) is 8.81. The fourth-order valence-corrected chi connectivity index (χ4v) is 1.77. The molecule has 1 aromatic rings. The largest absolute Gasteiger partial charge is 0.481 e. The van der Waals surface area contributed by atoms with Crippen LogP contribution in [0, 0.1) is 0 Å². The molecule has 6 heteroatoms. The van der Waals surface area contributed by atoms with Crippen molar-refractivity contribution < 1.29 is 19.5 Å². The lowest BCUT2D eigenvalue weighted by Crippen LogP contribution is -2.31. The van der Waals surface area contributed by atoms with Crippen molar-refractivity contribution in [2.24, 2.45) is 0 Å². The summed E-state index contributed by atoms with van der Waals surface area (Å²) in [5.74, 6) is -1.37. The van der Waals surface area contributed by atoms with E-state index in [4.69, 9.17) is 5.11 Å². The van der Waals surface area contributed by atoms with E-state index in [1.54, 1.807) is 24.3 Å². The molecule has 1 rings (SSSR count). The summed E-state index contributed by atoms with van der Waals surface area (Å²) in [5.41, 5.74) is 1.00. The normalized spacial score (nSPS) is 11.5. The van der Waals surface area contributed by atoms with Gasteiger partial charge < -0.3 is 15.7 Å². The van der Waals surface area contributed by atoms with Gasteiger partial charge in [-0.05, 0) is 38.0 Å². The number of aliphatic carboxylic acids is 1. The molecule has 0 spiro atoms. The van der Waals surface area contributed by atoms with Crippen LogP contribution in [0.4, 0.5) is 5.69 Å². The SMILES string of the molecule is CC[C@H](C)NC(=O)c1cccc(NC(=O)CCCC(=O)O)c1. The van der Waals surface area contributed by atoms with E-state index in [1.807, 2.05) is 13.8 Å². The fourth-order valence-electron chi connectivity index (χ4n) is 1.77. The van der Waals surface area contributed by atoms with Crippen molar-refractivity contribution in [2.45, 2.75) is 45.6 Å². The van der Waals surface area contributed by atoms with Gasteiger partial charge in [-0.1, -0.05) is 13.0 Å². The number of carbonyl (C=O) groups is 3. The first kappa shape index (κ1) is 17.7. The summed E-state index contributed by atoms with van der Waals surface area (Å²) < 4.78 is 0. The molecule has 0 aliphatic heterocycles. The summed E-state index contributed by atoms with van der Waals surface area (Å²) in [5, 5.41) is 14.1. The molecule has 0 aliphatic carbocycles. The van der Waals surface area contributed by atoms with Crippen LogP contribution in [0.2, 0.25) is 0 Å². The monoisotopic (exact) mass is 306 g/mol. The third kappa shape index (κ3) is 6.39. The summed E-state index contributed by atoms with van der Waals surface area (Å²) >= 11 is 0. The lowest BCUT2D eigenvalue weighted by Gasteiger charge is -2.12. The van der Waals surface area contributed by atoms with Gasteiger partial charge in [0.25, 0.3) is 5.91 Å². The number of carboxylic acid groups (broad SMARTS) is 1. The maximum Gasteiger partial charge on any atom is 0.303 e. The number of hydrogen-bond donors (Lipinski definition) is 3. The van der Waals surface area contributed by atoms with Gasteiger partial charge in [0.15, 0.2) is 0 Å². The highest BCUT2D eigenvalue weighted by Gasteiger charge is 2.10. The van der Waals surface area contributed by atoms with E-state index in [1.165, 1.54) is 0 Å². The van der Waals surface area contributed by atoms with Gasteiger partial charge in [-0.3, -0.25) is 14.4 Å². The van der Waals surface area contributed by atoms with Crippen LogP contribution in [0.3, 0.4) is 0 Å². The standard InChI is InChI=1S/C16H22N2O4/c1-3-11(2)17-16(22)12-6-4-7-13(10-12)18-14(19)8-5-9-15(20)21/h4,6-7,10-11H,3,5,8-9H2,1-2H3,(H,17,22)(H,18,19)(H,20,21)/t11-/m0/s1. The number of amides is 2.